The van der Waals surface area contributed by atoms with E-state index in [1.54, 1.807) is 23.8 Å². The van der Waals surface area contributed by atoms with E-state index < -0.39 is 6.04 Å². The van der Waals surface area contributed by atoms with Crippen molar-refractivity contribution in [2.75, 3.05) is 23.3 Å². The number of amides is 2. The molecule has 1 saturated heterocycles. The second kappa shape index (κ2) is 10.5. The van der Waals surface area contributed by atoms with Crippen LogP contribution in [0.15, 0.2) is 52.5 Å². The minimum Gasteiger partial charge on any atom is -0.462 e. The quantitative estimate of drug-likeness (QED) is 0.481. The van der Waals surface area contributed by atoms with Gasteiger partial charge in [0.15, 0.2) is 10.8 Å². The molecular formula is C24H28N4O3S. The first kappa shape index (κ1) is 22.1. The first-order valence-electron chi connectivity index (χ1n) is 11.1. The number of hydrogen-bond acceptors (Lipinski definition) is 6. The molecule has 2 aromatic heterocycles. The van der Waals surface area contributed by atoms with E-state index in [1.807, 2.05) is 18.2 Å². The predicted octanol–water partition coefficient (Wildman–Crippen LogP) is 4.93. The Hall–Kier alpha value is -3.13. The second-order valence-electron chi connectivity index (χ2n) is 7.92. The lowest BCUT2D eigenvalue weighted by atomic mass is 10.1. The number of thiazole rings is 1. The Bertz CT molecular complexity index is 1040. The predicted molar refractivity (Wildman–Crippen MR) is 127 cm³/mol. The molecule has 0 bridgehead atoms. The van der Waals surface area contributed by atoms with E-state index >= 15 is 0 Å². The molecule has 1 atom stereocenters. The van der Waals surface area contributed by atoms with Gasteiger partial charge < -0.3 is 20.0 Å². The van der Waals surface area contributed by atoms with Crippen molar-refractivity contribution >= 4 is 34.5 Å². The van der Waals surface area contributed by atoms with Crippen LogP contribution in [0, 0.1) is 0 Å². The summed E-state index contributed by atoms with van der Waals surface area (Å²) < 4.78 is 5.35. The summed E-state index contributed by atoms with van der Waals surface area (Å²) in [5, 5.41) is 8.17. The number of furan rings is 1. The minimum atomic E-state index is -0.633. The van der Waals surface area contributed by atoms with Crippen LogP contribution in [-0.4, -0.2) is 35.9 Å². The summed E-state index contributed by atoms with van der Waals surface area (Å²) in [7, 11) is 0. The molecule has 4 rings (SSSR count). The molecule has 8 heteroatoms. The van der Waals surface area contributed by atoms with Crippen LogP contribution in [0.1, 0.15) is 49.5 Å². The van der Waals surface area contributed by atoms with Crippen molar-refractivity contribution in [1.82, 2.24) is 10.3 Å². The first-order valence-corrected chi connectivity index (χ1v) is 12.0. The normalized spacial score (nSPS) is 14.3. The second-order valence-corrected chi connectivity index (χ2v) is 8.78. The van der Waals surface area contributed by atoms with Crippen molar-refractivity contribution in [3.05, 3.63) is 53.7 Å². The lowest BCUT2D eigenvalue weighted by Crippen LogP contribution is -2.44. The maximum absolute atomic E-state index is 13.0. The molecule has 168 valence electrons. The van der Waals surface area contributed by atoms with Crippen molar-refractivity contribution in [1.29, 1.82) is 0 Å². The van der Waals surface area contributed by atoms with Crippen LogP contribution in [-0.2, 0) is 4.79 Å². The Morgan fingerprint density at radius 1 is 1.22 bits per heavy atom. The minimum absolute atomic E-state index is 0.216. The van der Waals surface area contributed by atoms with Gasteiger partial charge in [0.25, 0.3) is 5.91 Å². The topological polar surface area (TPSA) is 87.5 Å². The van der Waals surface area contributed by atoms with Crippen LogP contribution in [0.5, 0.6) is 0 Å². The highest BCUT2D eigenvalue weighted by Gasteiger charge is 2.23. The molecule has 1 unspecified atom stereocenters. The van der Waals surface area contributed by atoms with Crippen molar-refractivity contribution in [3.8, 4) is 10.8 Å². The number of anilines is 2. The van der Waals surface area contributed by atoms with E-state index in [4.69, 9.17) is 4.42 Å². The Balaban J connectivity index is 1.43. The van der Waals surface area contributed by atoms with Crippen LogP contribution in [0.4, 0.5) is 11.4 Å². The fraction of sp³-hybridized carbons (Fsp3) is 0.375. The molecule has 0 saturated carbocycles. The summed E-state index contributed by atoms with van der Waals surface area (Å²) in [5.74, 6) is 0.0418. The molecule has 2 N–H and O–H groups in total. The largest absolute Gasteiger partial charge is 0.462 e. The third-order valence-corrected chi connectivity index (χ3v) is 6.38. The molecule has 7 nitrogen and oxygen atoms in total. The van der Waals surface area contributed by atoms with Crippen LogP contribution >= 0.6 is 11.3 Å². The number of hydrogen-bond donors (Lipinski definition) is 2. The number of rotatable bonds is 9. The standard InChI is InChI=1S/C24H28N4O3S/c1-2-3-10-19(26-23(30)20-16-32-24(27-20)21-11-7-14-31-21)22(29)25-17-8-6-9-18(15-17)28-12-4-5-13-28/h6-9,11,14-16,19H,2-5,10,12-13H2,1H3,(H,25,29)(H,26,30). The third kappa shape index (κ3) is 5.37. The molecule has 2 amide bonds. The van der Waals surface area contributed by atoms with Gasteiger partial charge in [0.1, 0.15) is 11.7 Å². The maximum Gasteiger partial charge on any atom is 0.271 e. The molecule has 1 aromatic carbocycles. The van der Waals surface area contributed by atoms with Gasteiger partial charge in [-0.15, -0.1) is 11.3 Å². The van der Waals surface area contributed by atoms with Gasteiger partial charge in [-0.1, -0.05) is 25.8 Å². The number of aromatic nitrogens is 1. The lowest BCUT2D eigenvalue weighted by Gasteiger charge is -2.20. The average Bonchev–Trinajstić information content (AvgIpc) is 3.58. The maximum atomic E-state index is 13.0. The van der Waals surface area contributed by atoms with Crippen LogP contribution in [0.3, 0.4) is 0 Å². The smallest absolute Gasteiger partial charge is 0.271 e. The number of carbonyl (C=O) groups excluding carboxylic acids is 2. The van der Waals surface area contributed by atoms with E-state index in [0.717, 1.165) is 37.3 Å². The Morgan fingerprint density at radius 2 is 2.06 bits per heavy atom. The van der Waals surface area contributed by atoms with Gasteiger partial charge in [-0.25, -0.2) is 4.98 Å². The molecule has 3 heterocycles. The summed E-state index contributed by atoms with van der Waals surface area (Å²) in [5.41, 5.74) is 2.14. The fourth-order valence-electron chi connectivity index (χ4n) is 3.79. The first-order chi connectivity index (χ1) is 15.6. The number of nitrogens with zero attached hydrogens (tertiary/aromatic N) is 2. The summed E-state index contributed by atoms with van der Waals surface area (Å²) >= 11 is 1.33. The highest BCUT2D eigenvalue weighted by molar-refractivity contribution is 7.13. The Labute approximate surface area is 191 Å². The van der Waals surface area contributed by atoms with Gasteiger partial charge in [0.05, 0.1) is 6.26 Å². The van der Waals surface area contributed by atoms with E-state index in [2.05, 4.69) is 33.5 Å². The third-order valence-electron chi connectivity index (χ3n) is 5.52. The highest BCUT2D eigenvalue weighted by atomic mass is 32.1. The van der Waals surface area contributed by atoms with Crippen LogP contribution in [0.25, 0.3) is 10.8 Å². The van der Waals surface area contributed by atoms with Crippen molar-refractivity contribution in [3.63, 3.8) is 0 Å². The number of unbranched alkanes of at least 4 members (excludes halogenated alkanes) is 1. The zero-order chi connectivity index (χ0) is 22.3. The summed E-state index contributed by atoms with van der Waals surface area (Å²) in [6.07, 6.45) is 6.29. The van der Waals surface area contributed by atoms with Gasteiger partial charge >= 0.3 is 0 Å². The Morgan fingerprint density at radius 3 is 2.81 bits per heavy atom. The molecule has 3 aromatic rings. The van der Waals surface area contributed by atoms with E-state index in [9.17, 15) is 9.59 Å². The average molecular weight is 453 g/mol. The molecule has 1 aliphatic heterocycles. The van der Waals surface area contributed by atoms with Crippen LogP contribution < -0.4 is 15.5 Å². The number of carbonyl (C=O) groups is 2. The summed E-state index contributed by atoms with van der Waals surface area (Å²) in [6.45, 7) is 4.15. The summed E-state index contributed by atoms with van der Waals surface area (Å²) in [4.78, 5) is 32.5. The highest BCUT2D eigenvalue weighted by Crippen LogP contribution is 2.25. The number of benzene rings is 1. The summed E-state index contributed by atoms with van der Waals surface area (Å²) in [6, 6.07) is 10.8. The molecule has 32 heavy (non-hydrogen) atoms. The van der Waals surface area contributed by atoms with Gasteiger partial charge in [-0.05, 0) is 49.6 Å². The van der Waals surface area contributed by atoms with Crippen LogP contribution in [0.2, 0.25) is 0 Å². The van der Waals surface area contributed by atoms with Gasteiger partial charge in [-0.3, -0.25) is 9.59 Å². The Kier molecular flexibility index (Phi) is 7.21. The van der Waals surface area contributed by atoms with Gasteiger partial charge in [-0.2, -0.15) is 0 Å². The molecular weight excluding hydrogens is 424 g/mol. The molecule has 1 fully saturated rings. The lowest BCUT2D eigenvalue weighted by molar-refractivity contribution is -0.118. The monoisotopic (exact) mass is 452 g/mol. The zero-order valence-electron chi connectivity index (χ0n) is 18.2. The number of nitrogens with one attached hydrogen (secondary N) is 2. The SMILES string of the molecule is CCCCC(NC(=O)c1csc(-c2ccco2)n1)C(=O)Nc1cccc(N2CCCC2)c1. The molecule has 0 radical (unpaired) electrons. The van der Waals surface area contributed by atoms with Gasteiger partial charge in [0.2, 0.25) is 5.91 Å². The van der Waals surface area contributed by atoms with E-state index in [-0.39, 0.29) is 17.5 Å². The van der Waals surface area contributed by atoms with Crippen molar-refractivity contribution in [2.45, 2.75) is 45.1 Å². The molecule has 0 spiro atoms. The van der Waals surface area contributed by atoms with Crippen molar-refractivity contribution < 1.29 is 14.0 Å². The fourth-order valence-corrected chi connectivity index (χ4v) is 4.55. The van der Waals surface area contributed by atoms with E-state index in [1.165, 1.54) is 24.2 Å². The molecule has 1 aliphatic rings. The zero-order valence-corrected chi connectivity index (χ0v) is 19.0. The molecule has 0 aliphatic carbocycles. The van der Waals surface area contributed by atoms with E-state index in [0.29, 0.717) is 17.2 Å². The van der Waals surface area contributed by atoms with Crippen molar-refractivity contribution in [2.24, 2.45) is 0 Å². The van der Waals surface area contributed by atoms with Gasteiger partial charge in [0, 0.05) is 29.8 Å².